The van der Waals surface area contributed by atoms with Gasteiger partial charge in [-0.1, -0.05) is 18.2 Å². The zero-order valence-electron chi connectivity index (χ0n) is 12.7. The van der Waals surface area contributed by atoms with Gasteiger partial charge < -0.3 is 9.84 Å². The second-order valence-electron chi connectivity index (χ2n) is 6.30. The van der Waals surface area contributed by atoms with Crippen molar-refractivity contribution in [2.45, 2.75) is 18.6 Å². The van der Waals surface area contributed by atoms with Crippen molar-refractivity contribution in [3.63, 3.8) is 0 Å². The molecular formula is C16H14N2O6. The molecule has 0 unspecified atom stereocenters. The molecule has 0 aromatic heterocycles. The molecule has 2 saturated heterocycles. The number of aliphatic hydroxyl groups excluding tert-OH is 1. The Labute approximate surface area is 136 Å². The highest BCUT2D eigenvalue weighted by Gasteiger charge is 2.67. The van der Waals surface area contributed by atoms with Gasteiger partial charge in [0.15, 0.2) is 0 Å². The minimum absolute atomic E-state index is 0.192. The van der Waals surface area contributed by atoms with E-state index in [1.807, 2.05) is 0 Å². The minimum Gasteiger partial charge on any atom is -0.393 e. The fourth-order valence-electron chi connectivity index (χ4n) is 3.87. The van der Waals surface area contributed by atoms with Crippen LogP contribution in [0.2, 0.25) is 0 Å². The van der Waals surface area contributed by atoms with Crippen LogP contribution in [0, 0.1) is 28.9 Å². The highest BCUT2D eigenvalue weighted by atomic mass is 16.6. The first-order valence-corrected chi connectivity index (χ1v) is 7.50. The lowest BCUT2D eigenvalue weighted by molar-refractivity contribution is -0.384. The lowest BCUT2D eigenvalue weighted by Crippen LogP contribution is -2.43. The third kappa shape index (κ3) is 1.69. The van der Waals surface area contributed by atoms with Gasteiger partial charge in [-0.2, -0.15) is 0 Å². The summed E-state index contributed by atoms with van der Waals surface area (Å²) in [6.45, 7) is 1.28. The van der Waals surface area contributed by atoms with E-state index in [0.29, 0.717) is 5.56 Å². The Morgan fingerprint density at radius 3 is 2.79 bits per heavy atom. The van der Waals surface area contributed by atoms with Crippen LogP contribution in [0.4, 0.5) is 11.4 Å². The highest BCUT2D eigenvalue weighted by Crippen LogP contribution is 2.52. The van der Waals surface area contributed by atoms with E-state index in [0.717, 1.165) is 4.90 Å². The summed E-state index contributed by atoms with van der Waals surface area (Å²) in [6.07, 6.45) is 2.77. The van der Waals surface area contributed by atoms with Crippen LogP contribution in [0.1, 0.15) is 5.56 Å². The van der Waals surface area contributed by atoms with Gasteiger partial charge in [-0.3, -0.25) is 19.7 Å². The average molecular weight is 330 g/mol. The van der Waals surface area contributed by atoms with Gasteiger partial charge in [-0.15, -0.1) is 0 Å². The third-order valence-electron chi connectivity index (χ3n) is 5.05. The Bertz CT molecular complexity index is 819. The molecule has 0 spiro atoms. The first kappa shape index (κ1) is 15.0. The van der Waals surface area contributed by atoms with Crippen molar-refractivity contribution in [3.05, 3.63) is 46.0 Å². The molecule has 4 atom stereocenters. The number of anilines is 1. The Balaban J connectivity index is 1.80. The molecular weight excluding hydrogens is 316 g/mol. The normalized spacial score (nSPS) is 33.4. The van der Waals surface area contributed by atoms with Crippen LogP contribution in [0.25, 0.3) is 0 Å². The van der Waals surface area contributed by atoms with Crippen molar-refractivity contribution >= 4 is 23.2 Å². The summed E-state index contributed by atoms with van der Waals surface area (Å²) in [5.74, 6) is -2.44. The standard InChI is InChI=1S/C16H14N2O6/c1-8-2-3-9(18(22)23)6-10(8)17-14(20)12-11-4-5-16(7-19,24-11)13(12)15(17)21/h2-6,11-13,19H,7H2,1H3/t11-,12+,13+,16+/m1/s1. The largest absolute Gasteiger partial charge is 0.393 e. The van der Waals surface area contributed by atoms with Crippen LogP contribution < -0.4 is 4.90 Å². The summed E-state index contributed by atoms with van der Waals surface area (Å²) < 4.78 is 5.66. The number of aryl methyl sites for hydroxylation is 1. The highest BCUT2D eigenvalue weighted by molar-refractivity contribution is 6.23. The molecule has 0 radical (unpaired) electrons. The van der Waals surface area contributed by atoms with E-state index in [4.69, 9.17) is 4.74 Å². The molecule has 3 aliphatic rings. The lowest BCUT2D eigenvalue weighted by atomic mass is 9.77. The van der Waals surface area contributed by atoms with Crippen molar-refractivity contribution in [2.75, 3.05) is 11.5 Å². The number of imide groups is 1. The van der Waals surface area contributed by atoms with Gasteiger partial charge in [-0.05, 0) is 12.5 Å². The molecule has 4 rings (SSSR count). The van der Waals surface area contributed by atoms with Gasteiger partial charge in [0.25, 0.3) is 5.69 Å². The van der Waals surface area contributed by atoms with Crippen LogP contribution >= 0.6 is 0 Å². The molecule has 1 aromatic carbocycles. The van der Waals surface area contributed by atoms with E-state index in [1.165, 1.54) is 18.2 Å². The summed E-state index contributed by atoms with van der Waals surface area (Å²) >= 11 is 0. The van der Waals surface area contributed by atoms with Gasteiger partial charge in [0.1, 0.15) is 5.60 Å². The van der Waals surface area contributed by atoms with E-state index in [9.17, 15) is 24.8 Å². The number of benzene rings is 1. The Hall–Kier alpha value is -2.58. The van der Waals surface area contributed by atoms with E-state index >= 15 is 0 Å². The van der Waals surface area contributed by atoms with Gasteiger partial charge >= 0.3 is 0 Å². The second kappa shape index (κ2) is 4.71. The van der Waals surface area contributed by atoms with Crippen molar-refractivity contribution in [3.8, 4) is 0 Å². The number of nitrogens with zero attached hydrogens (tertiary/aromatic N) is 2. The minimum atomic E-state index is -1.18. The summed E-state index contributed by atoms with van der Waals surface area (Å²) in [5.41, 5.74) is -0.573. The number of ether oxygens (including phenoxy) is 1. The number of amides is 2. The Morgan fingerprint density at radius 1 is 1.38 bits per heavy atom. The van der Waals surface area contributed by atoms with Crippen LogP contribution in [-0.4, -0.2) is 40.2 Å². The molecule has 1 N–H and O–H groups in total. The molecule has 1 aromatic rings. The number of aliphatic hydroxyl groups is 1. The summed E-state index contributed by atoms with van der Waals surface area (Å²) in [6, 6.07) is 4.07. The van der Waals surface area contributed by atoms with Crippen molar-refractivity contribution < 1.29 is 24.4 Å². The quantitative estimate of drug-likeness (QED) is 0.378. The third-order valence-corrected chi connectivity index (χ3v) is 5.05. The smallest absolute Gasteiger partial charge is 0.271 e. The van der Waals surface area contributed by atoms with Crippen LogP contribution in [0.5, 0.6) is 0 Å². The predicted molar refractivity (Wildman–Crippen MR) is 81.1 cm³/mol. The average Bonchev–Trinajstić information content (AvgIpc) is 3.19. The maximum atomic E-state index is 12.9. The number of rotatable bonds is 3. The molecule has 0 saturated carbocycles. The Morgan fingerprint density at radius 2 is 2.12 bits per heavy atom. The number of non-ortho nitro benzene ring substituents is 1. The zero-order valence-corrected chi connectivity index (χ0v) is 12.7. The molecule has 2 bridgehead atoms. The molecule has 3 heterocycles. The number of fused-ring (bicyclic) bond motifs is 5. The SMILES string of the molecule is Cc1ccc([N+](=O)[O-])cc1N1C(=O)[C@@H]2[C@@H](C1=O)[C@@]1(CO)C=C[C@H]2O1. The van der Waals surface area contributed by atoms with Crippen molar-refractivity contribution in [2.24, 2.45) is 11.8 Å². The van der Waals surface area contributed by atoms with Crippen molar-refractivity contribution in [1.82, 2.24) is 0 Å². The number of hydrogen-bond acceptors (Lipinski definition) is 6. The number of carbonyl (C=O) groups excluding carboxylic acids is 2. The summed E-state index contributed by atoms with van der Waals surface area (Å²) in [4.78, 5) is 37.2. The summed E-state index contributed by atoms with van der Waals surface area (Å²) in [5, 5.41) is 20.7. The Kier molecular flexibility index (Phi) is 2.94. The van der Waals surface area contributed by atoms with E-state index < -0.39 is 46.9 Å². The summed E-state index contributed by atoms with van der Waals surface area (Å²) in [7, 11) is 0. The predicted octanol–water partition coefficient (Wildman–Crippen LogP) is 0.709. The van der Waals surface area contributed by atoms with Crippen LogP contribution in [0.15, 0.2) is 30.4 Å². The van der Waals surface area contributed by atoms with Crippen LogP contribution in [0.3, 0.4) is 0 Å². The van der Waals surface area contributed by atoms with Gasteiger partial charge in [0.05, 0.1) is 35.2 Å². The molecule has 8 heteroatoms. The van der Waals surface area contributed by atoms with Gasteiger partial charge in [0.2, 0.25) is 11.8 Å². The van der Waals surface area contributed by atoms with E-state index in [1.54, 1.807) is 19.1 Å². The van der Waals surface area contributed by atoms with Crippen LogP contribution in [-0.2, 0) is 14.3 Å². The molecule has 8 nitrogen and oxygen atoms in total. The topological polar surface area (TPSA) is 110 Å². The first-order chi connectivity index (χ1) is 11.4. The molecule has 124 valence electrons. The lowest BCUT2D eigenvalue weighted by Gasteiger charge is -2.26. The molecule has 0 aliphatic carbocycles. The van der Waals surface area contributed by atoms with Gasteiger partial charge in [0, 0.05) is 12.1 Å². The fraction of sp³-hybridized carbons (Fsp3) is 0.375. The monoisotopic (exact) mass is 330 g/mol. The van der Waals surface area contributed by atoms with E-state index in [-0.39, 0.29) is 11.4 Å². The first-order valence-electron chi connectivity index (χ1n) is 7.50. The molecule has 2 fully saturated rings. The van der Waals surface area contributed by atoms with E-state index in [2.05, 4.69) is 0 Å². The second-order valence-corrected chi connectivity index (χ2v) is 6.30. The maximum Gasteiger partial charge on any atom is 0.271 e. The van der Waals surface area contributed by atoms with Gasteiger partial charge in [-0.25, -0.2) is 4.90 Å². The maximum absolute atomic E-state index is 12.9. The number of nitro benzene ring substituents is 1. The molecule has 3 aliphatic heterocycles. The van der Waals surface area contributed by atoms with Crippen molar-refractivity contribution in [1.29, 1.82) is 0 Å². The number of nitro groups is 1. The molecule has 24 heavy (non-hydrogen) atoms. The molecule has 2 amide bonds. The fourth-order valence-corrected chi connectivity index (χ4v) is 3.87. The zero-order chi connectivity index (χ0) is 17.2. The number of hydrogen-bond donors (Lipinski definition) is 1. The number of carbonyl (C=O) groups is 2.